The summed E-state index contributed by atoms with van der Waals surface area (Å²) in [6.45, 7) is 18.7. The van der Waals surface area contributed by atoms with E-state index in [2.05, 4.69) is 51.8 Å². The molecule has 1 aliphatic carbocycles. The Morgan fingerprint density at radius 1 is 0.889 bits per heavy atom. The zero-order chi connectivity index (χ0) is 19.9. The summed E-state index contributed by atoms with van der Waals surface area (Å²) < 4.78 is 0. The number of hydrogen-bond acceptors (Lipinski definition) is 2. The molecule has 0 radical (unpaired) electrons. The number of rotatable bonds is 4. The van der Waals surface area contributed by atoms with Crippen molar-refractivity contribution in [3.05, 3.63) is 0 Å². The van der Waals surface area contributed by atoms with Gasteiger partial charge in [0.05, 0.1) is 0 Å². The summed E-state index contributed by atoms with van der Waals surface area (Å²) in [5, 5.41) is 3.70. The fourth-order valence-electron chi connectivity index (χ4n) is 5.91. The van der Waals surface area contributed by atoms with Crippen molar-refractivity contribution < 1.29 is 0 Å². The molecule has 1 saturated heterocycles. The van der Waals surface area contributed by atoms with Crippen molar-refractivity contribution in [3.8, 4) is 0 Å². The standard InChI is InChI=1S/C25H50N2/c1-20-15-23(4)27(19-21(2)18-26-17-20)24(5)16-22(3)25(6)13-11-9-7-8-10-12-14-25/h20-24,26H,7-19H2,1-6H3. The third-order valence-corrected chi connectivity index (χ3v) is 8.01. The molecule has 5 unspecified atom stereocenters. The highest BCUT2D eigenvalue weighted by Gasteiger charge is 2.34. The molecule has 0 aromatic heterocycles. The van der Waals surface area contributed by atoms with E-state index in [4.69, 9.17) is 0 Å². The molecule has 0 aromatic carbocycles. The molecular weight excluding hydrogens is 328 g/mol. The minimum Gasteiger partial charge on any atom is -0.316 e. The highest BCUT2D eigenvalue weighted by Crippen LogP contribution is 2.42. The lowest BCUT2D eigenvalue weighted by atomic mass is 9.69. The lowest BCUT2D eigenvalue weighted by molar-refractivity contribution is 0.0724. The molecule has 27 heavy (non-hydrogen) atoms. The Labute approximate surface area is 171 Å². The van der Waals surface area contributed by atoms with Gasteiger partial charge in [0, 0.05) is 18.6 Å². The Morgan fingerprint density at radius 2 is 1.44 bits per heavy atom. The lowest BCUT2D eigenvalue weighted by Crippen LogP contribution is -2.45. The molecule has 0 aromatic rings. The van der Waals surface area contributed by atoms with Crippen LogP contribution in [0.15, 0.2) is 0 Å². The molecular formula is C25H50N2. The van der Waals surface area contributed by atoms with E-state index in [0.717, 1.165) is 17.8 Å². The molecule has 1 aliphatic heterocycles. The zero-order valence-corrected chi connectivity index (χ0v) is 19.5. The highest BCUT2D eigenvalue weighted by molar-refractivity contribution is 4.86. The second kappa shape index (κ2) is 11.2. The van der Waals surface area contributed by atoms with E-state index >= 15 is 0 Å². The van der Waals surface area contributed by atoms with E-state index in [9.17, 15) is 0 Å². The first kappa shape index (κ1) is 23.2. The summed E-state index contributed by atoms with van der Waals surface area (Å²) in [5.41, 5.74) is 0.557. The van der Waals surface area contributed by atoms with Gasteiger partial charge in [0.2, 0.25) is 0 Å². The van der Waals surface area contributed by atoms with E-state index in [-0.39, 0.29) is 0 Å². The maximum Gasteiger partial charge on any atom is 0.00728 e. The first-order valence-electron chi connectivity index (χ1n) is 12.3. The molecule has 5 atom stereocenters. The van der Waals surface area contributed by atoms with Crippen LogP contribution in [0.4, 0.5) is 0 Å². The smallest absolute Gasteiger partial charge is 0.00728 e. The van der Waals surface area contributed by atoms with Gasteiger partial charge in [-0.15, -0.1) is 0 Å². The van der Waals surface area contributed by atoms with Gasteiger partial charge in [-0.05, 0) is 75.8 Å². The van der Waals surface area contributed by atoms with Crippen molar-refractivity contribution in [3.63, 3.8) is 0 Å². The van der Waals surface area contributed by atoms with Crippen LogP contribution in [0.2, 0.25) is 0 Å². The minimum absolute atomic E-state index is 0.557. The molecule has 1 N–H and O–H groups in total. The Hall–Kier alpha value is -0.0800. The van der Waals surface area contributed by atoms with Crippen LogP contribution >= 0.6 is 0 Å². The summed E-state index contributed by atoms with van der Waals surface area (Å²) in [7, 11) is 0. The summed E-state index contributed by atoms with van der Waals surface area (Å²) in [6, 6.07) is 1.41. The Bertz CT molecular complexity index is 397. The molecule has 2 heteroatoms. The van der Waals surface area contributed by atoms with Crippen LogP contribution in [0, 0.1) is 23.2 Å². The van der Waals surface area contributed by atoms with E-state index in [0.29, 0.717) is 17.5 Å². The highest BCUT2D eigenvalue weighted by atomic mass is 15.2. The monoisotopic (exact) mass is 378 g/mol. The summed E-state index contributed by atoms with van der Waals surface area (Å²) in [5.74, 6) is 2.36. The Kier molecular flexibility index (Phi) is 9.62. The third-order valence-electron chi connectivity index (χ3n) is 8.01. The SMILES string of the molecule is CC1CNCC(C)CN(C(C)CC(C)C2(C)CCCCCCCC2)C(C)C1. The van der Waals surface area contributed by atoms with Gasteiger partial charge in [0.1, 0.15) is 0 Å². The maximum absolute atomic E-state index is 3.70. The topological polar surface area (TPSA) is 15.3 Å². The van der Waals surface area contributed by atoms with Gasteiger partial charge in [-0.25, -0.2) is 0 Å². The Morgan fingerprint density at radius 3 is 2.07 bits per heavy atom. The van der Waals surface area contributed by atoms with Crippen molar-refractivity contribution in [1.82, 2.24) is 10.2 Å². The van der Waals surface area contributed by atoms with Crippen molar-refractivity contribution in [2.45, 2.75) is 118 Å². The fraction of sp³-hybridized carbons (Fsp3) is 1.00. The van der Waals surface area contributed by atoms with Gasteiger partial charge < -0.3 is 5.32 Å². The van der Waals surface area contributed by atoms with Gasteiger partial charge in [-0.3, -0.25) is 4.90 Å². The first-order chi connectivity index (χ1) is 12.8. The summed E-state index contributed by atoms with van der Waals surface area (Å²) in [4.78, 5) is 2.86. The zero-order valence-electron chi connectivity index (χ0n) is 19.5. The molecule has 1 saturated carbocycles. The van der Waals surface area contributed by atoms with Gasteiger partial charge in [-0.1, -0.05) is 66.2 Å². The molecule has 0 bridgehead atoms. The quantitative estimate of drug-likeness (QED) is 0.601. The average Bonchev–Trinajstić information content (AvgIpc) is 2.75. The van der Waals surface area contributed by atoms with Crippen LogP contribution in [0.1, 0.15) is 106 Å². The molecule has 2 nitrogen and oxygen atoms in total. The third kappa shape index (κ3) is 7.35. The van der Waals surface area contributed by atoms with Gasteiger partial charge >= 0.3 is 0 Å². The maximum atomic E-state index is 3.70. The van der Waals surface area contributed by atoms with Gasteiger partial charge in [0.25, 0.3) is 0 Å². The van der Waals surface area contributed by atoms with E-state index in [1.165, 1.54) is 83.8 Å². The summed E-state index contributed by atoms with van der Waals surface area (Å²) >= 11 is 0. The average molecular weight is 379 g/mol. The molecule has 2 rings (SSSR count). The van der Waals surface area contributed by atoms with Crippen LogP contribution in [-0.4, -0.2) is 36.6 Å². The largest absolute Gasteiger partial charge is 0.316 e. The fourth-order valence-corrected chi connectivity index (χ4v) is 5.91. The molecule has 2 aliphatic rings. The van der Waals surface area contributed by atoms with Crippen molar-refractivity contribution in [2.24, 2.45) is 23.2 Å². The predicted octanol–water partition coefficient (Wildman–Crippen LogP) is 6.50. The molecule has 1 heterocycles. The van der Waals surface area contributed by atoms with Crippen molar-refractivity contribution in [2.75, 3.05) is 19.6 Å². The van der Waals surface area contributed by atoms with Gasteiger partial charge in [0.15, 0.2) is 0 Å². The molecule has 0 spiro atoms. The molecule has 2 fully saturated rings. The van der Waals surface area contributed by atoms with Crippen LogP contribution in [-0.2, 0) is 0 Å². The number of nitrogens with zero attached hydrogens (tertiary/aromatic N) is 1. The van der Waals surface area contributed by atoms with Crippen LogP contribution in [0.25, 0.3) is 0 Å². The Balaban J connectivity index is 2.01. The summed E-state index contributed by atoms with van der Waals surface area (Å²) in [6.07, 6.45) is 14.4. The molecule has 160 valence electrons. The van der Waals surface area contributed by atoms with Crippen LogP contribution < -0.4 is 5.32 Å². The van der Waals surface area contributed by atoms with Crippen molar-refractivity contribution in [1.29, 1.82) is 0 Å². The van der Waals surface area contributed by atoms with E-state index < -0.39 is 0 Å². The second-order valence-electron chi connectivity index (χ2n) is 10.9. The second-order valence-corrected chi connectivity index (χ2v) is 10.9. The van der Waals surface area contributed by atoms with E-state index in [1.807, 2.05) is 0 Å². The number of hydrogen-bond donors (Lipinski definition) is 1. The van der Waals surface area contributed by atoms with Gasteiger partial charge in [-0.2, -0.15) is 0 Å². The van der Waals surface area contributed by atoms with E-state index in [1.54, 1.807) is 0 Å². The van der Waals surface area contributed by atoms with Crippen molar-refractivity contribution >= 4 is 0 Å². The normalized spacial score (nSPS) is 34.2. The van der Waals surface area contributed by atoms with Crippen LogP contribution in [0.3, 0.4) is 0 Å². The lowest BCUT2D eigenvalue weighted by Gasteiger charge is -2.42. The minimum atomic E-state index is 0.557. The number of nitrogens with one attached hydrogen (secondary N) is 1. The first-order valence-corrected chi connectivity index (χ1v) is 12.3. The van der Waals surface area contributed by atoms with Crippen LogP contribution in [0.5, 0.6) is 0 Å². The molecule has 0 amide bonds. The predicted molar refractivity (Wildman–Crippen MR) is 120 cm³/mol.